The molecule has 2 unspecified atom stereocenters. The van der Waals surface area contributed by atoms with Crippen LogP contribution in [0.2, 0.25) is 0 Å². The average Bonchev–Trinajstić information content (AvgIpc) is 2.13. The molecule has 0 aromatic heterocycles. The maximum Gasteiger partial charge on any atom is 0.243 e. The summed E-state index contributed by atoms with van der Waals surface area (Å²) in [5.41, 5.74) is 5.65. The van der Waals surface area contributed by atoms with E-state index in [2.05, 4.69) is 18.8 Å². The Morgan fingerprint density at radius 3 is 2.67 bits per heavy atom. The highest BCUT2D eigenvalue weighted by Crippen LogP contribution is 2.07. The predicted molar refractivity (Wildman–Crippen MR) is 38.0 cm³/mol. The van der Waals surface area contributed by atoms with Crippen LogP contribution in [0.5, 0.6) is 0 Å². The summed E-state index contributed by atoms with van der Waals surface area (Å²) >= 11 is 0. The Hall–Kier alpha value is -0.530. The van der Waals surface area contributed by atoms with Crippen LogP contribution in [0.1, 0.15) is 26.7 Å². The SMILES string of the molecule is CCC1CC(C)C(N)=[NH+]1. The Labute approximate surface area is 56.2 Å². The van der Waals surface area contributed by atoms with E-state index in [1.165, 1.54) is 12.8 Å². The first-order valence-corrected chi connectivity index (χ1v) is 3.63. The minimum absolute atomic E-state index is 0.579. The van der Waals surface area contributed by atoms with E-state index in [4.69, 9.17) is 5.73 Å². The van der Waals surface area contributed by atoms with Crippen molar-refractivity contribution in [3.05, 3.63) is 0 Å². The number of nitrogens with two attached hydrogens (primary N) is 1. The Kier molecular flexibility index (Phi) is 1.74. The van der Waals surface area contributed by atoms with Crippen molar-refractivity contribution >= 4 is 5.84 Å². The van der Waals surface area contributed by atoms with Crippen LogP contribution in [0.4, 0.5) is 0 Å². The number of rotatable bonds is 1. The lowest BCUT2D eigenvalue weighted by Crippen LogP contribution is -2.77. The zero-order valence-corrected chi connectivity index (χ0v) is 6.15. The van der Waals surface area contributed by atoms with Gasteiger partial charge in [0.1, 0.15) is 0 Å². The first kappa shape index (κ1) is 6.59. The van der Waals surface area contributed by atoms with Gasteiger partial charge in [-0.3, -0.25) is 10.7 Å². The summed E-state index contributed by atoms with van der Waals surface area (Å²) in [6.07, 6.45) is 2.40. The molecular formula is C7H15N2+. The molecule has 3 N–H and O–H groups in total. The molecule has 0 radical (unpaired) electrons. The molecule has 2 atom stereocenters. The fourth-order valence-corrected chi connectivity index (χ4v) is 1.26. The number of hydrogen-bond donors (Lipinski definition) is 2. The van der Waals surface area contributed by atoms with E-state index in [0.717, 1.165) is 5.84 Å². The molecule has 1 rings (SSSR count). The first-order valence-electron chi connectivity index (χ1n) is 3.63. The lowest BCUT2D eigenvalue weighted by atomic mass is 10.0. The molecule has 0 fully saturated rings. The molecule has 0 aromatic rings. The van der Waals surface area contributed by atoms with E-state index in [1.807, 2.05) is 0 Å². The second-order valence-corrected chi connectivity index (χ2v) is 2.84. The van der Waals surface area contributed by atoms with Gasteiger partial charge >= 0.3 is 0 Å². The fraction of sp³-hybridized carbons (Fsp3) is 0.857. The van der Waals surface area contributed by atoms with Gasteiger partial charge in [0.15, 0.2) is 0 Å². The van der Waals surface area contributed by atoms with Gasteiger partial charge in [0.2, 0.25) is 5.84 Å². The molecule has 0 saturated heterocycles. The normalized spacial score (nSPS) is 34.7. The van der Waals surface area contributed by atoms with Crippen molar-refractivity contribution in [3.63, 3.8) is 0 Å². The standard InChI is InChI=1S/C7H14N2/c1-3-6-4-5(2)7(8)9-6/h5-6H,3-4H2,1-2H3,(H2,8,9)/p+1. The molecule has 0 bridgehead atoms. The molecule has 0 aromatic carbocycles. The summed E-state index contributed by atoms with van der Waals surface area (Å²) in [5, 5.41) is 0. The van der Waals surface area contributed by atoms with E-state index in [0.29, 0.717) is 12.0 Å². The molecule has 1 aliphatic rings. The minimum atomic E-state index is 0.579. The van der Waals surface area contributed by atoms with Gasteiger partial charge in [-0.25, -0.2) is 0 Å². The molecule has 0 aliphatic carbocycles. The smallest absolute Gasteiger partial charge is 0.243 e. The Morgan fingerprint density at radius 1 is 1.78 bits per heavy atom. The quantitative estimate of drug-likeness (QED) is 0.477. The largest absolute Gasteiger partial charge is 0.291 e. The van der Waals surface area contributed by atoms with Crippen LogP contribution in [-0.4, -0.2) is 11.9 Å². The maximum absolute atomic E-state index is 5.65. The van der Waals surface area contributed by atoms with E-state index in [-0.39, 0.29) is 0 Å². The molecular weight excluding hydrogens is 112 g/mol. The second kappa shape index (κ2) is 2.38. The lowest BCUT2D eigenvalue weighted by Gasteiger charge is -1.97. The summed E-state index contributed by atoms with van der Waals surface area (Å²) in [4.78, 5) is 3.25. The van der Waals surface area contributed by atoms with Crippen molar-refractivity contribution in [3.8, 4) is 0 Å². The van der Waals surface area contributed by atoms with E-state index < -0.39 is 0 Å². The third kappa shape index (κ3) is 1.23. The van der Waals surface area contributed by atoms with Crippen molar-refractivity contribution in [2.75, 3.05) is 0 Å². The van der Waals surface area contributed by atoms with Crippen LogP contribution in [-0.2, 0) is 0 Å². The highest BCUT2D eigenvalue weighted by molar-refractivity contribution is 5.77. The Morgan fingerprint density at radius 2 is 2.44 bits per heavy atom. The number of nitrogens with one attached hydrogen (secondary N) is 1. The summed E-state index contributed by atoms with van der Waals surface area (Å²) in [6.45, 7) is 4.35. The monoisotopic (exact) mass is 127 g/mol. The third-order valence-electron chi connectivity index (χ3n) is 2.03. The summed E-state index contributed by atoms with van der Waals surface area (Å²) in [5.74, 6) is 1.55. The maximum atomic E-state index is 5.65. The topological polar surface area (TPSA) is 40.0 Å². The van der Waals surface area contributed by atoms with Gasteiger partial charge in [-0.2, -0.15) is 0 Å². The molecule has 9 heavy (non-hydrogen) atoms. The second-order valence-electron chi connectivity index (χ2n) is 2.84. The number of amidine groups is 1. The van der Waals surface area contributed by atoms with Gasteiger partial charge in [-0.15, -0.1) is 0 Å². The van der Waals surface area contributed by atoms with E-state index in [1.54, 1.807) is 0 Å². The van der Waals surface area contributed by atoms with Crippen LogP contribution in [0.15, 0.2) is 0 Å². The molecule has 0 amide bonds. The molecule has 0 saturated carbocycles. The van der Waals surface area contributed by atoms with Crippen molar-refractivity contribution in [1.82, 2.24) is 0 Å². The Bertz CT molecular complexity index is 129. The van der Waals surface area contributed by atoms with Crippen LogP contribution in [0, 0.1) is 5.92 Å². The number of hydrogen-bond acceptors (Lipinski definition) is 1. The molecule has 52 valence electrons. The van der Waals surface area contributed by atoms with Gasteiger partial charge in [-0.05, 0) is 6.42 Å². The minimum Gasteiger partial charge on any atom is -0.291 e. The lowest BCUT2D eigenvalue weighted by molar-refractivity contribution is -0.494. The van der Waals surface area contributed by atoms with Crippen molar-refractivity contribution < 1.29 is 4.99 Å². The van der Waals surface area contributed by atoms with Crippen LogP contribution >= 0.6 is 0 Å². The van der Waals surface area contributed by atoms with Crippen molar-refractivity contribution in [2.24, 2.45) is 11.7 Å². The summed E-state index contributed by atoms with van der Waals surface area (Å²) in [7, 11) is 0. The molecule has 1 heterocycles. The van der Waals surface area contributed by atoms with Gasteiger partial charge in [0.25, 0.3) is 0 Å². The summed E-state index contributed by atoms with van der Waals surface area (Å²) < 4.78 is 0. The first-order chi connectivity index (χ1) is 4.24. The van der Waals surface area contributed by atoms with Crippen molar-refractivity contribution in [1.29, 1.82) is 0 Å². The van der Waals surface area contributed by atoms with Crippen molar-refractivity contribution in [2.45, 2.75) is 32.7 Å². The average molecular weight is 127 g/mol. The van der Waals surface area contributed by atoms with Gasteiger partial charge in [0, 0.05) is 6.42 Å². The van der Waals surface area contributed by atoms with Crippen LogP contribution in [0.25, 0.3) is 0 Å². The van der Waals surface area contributed by atoms with Crippen LogP contribution in [0.3, 0.4) is 0 Å². The zero-order valence-electron chi connectivity index (χ0n) is 6.15. The summed E-state index contributed by atoms with van der Waals surface area (Å²) in [6, 6.07) is 0.639. The molecule has 0 spiro atoms. The third-order valence-corrected chi connectivity index (χ3v) is 2.03. The van der Waals surface area contributed by atoms with Gasteiger partial charge in [-0.1, -0.05) is 13.8 Å². The molecule has 1 aliphatic heterocycles. The highest BCUT2D eigenvalue weighted by atomic mass is 14.9. The van der Waals surface area contributed by atoms with Crippen LogP contribution < -0.4 is 10.7 Å². The highest BCUT2D eigenvalue weighted by Gasteiger charge is 2.25. The van der Waals surface area contributed by atoms with E-state index >= 15 is 0 Å². The Balaban J connectivity index is 2.52. The molecule has 2 nitrogen and oxygen atoms in total. The van der Waals surface area contributed by atoms with Gasteiger partial charge < -0.3 is 0 Å². The molecule has 2 heteroatoms. The predicted octanol–water partition coefficient (Wildman–Crippen LogP) is -0.757. The fourth-order valence-electron chi connectivity index (χ4n) is 1.26. The van der Waals surface area contributed by atoms with E-state index in [9.17, 15) is 0 Å². The zero-order chi connectivity index (χ0) is 6.85. The van der Waals surface area contributed by atoms with Gasteiger partial charge in [0.05, 0.1) is 12.0 Å².